The van der Waals surface area contributed by atoms with Gasteiger partial charge in [0, 0.05) is 18.7 Å². The van der Waals surface area contributed by atoms with Crippen molar-refractivity contribution in [1.29, 1.82) is 0 Å². The van der Waals surface area contributed by atoms with E-state index in [0.29, 0.717) is 5.69 Å². The first kappa shape index (κ1) is 15.5. The monoisotopic (exact) mass is 279 g/mol. The van der Waals surface area contributed by atoms with Gasteiger partial charge in [-0.15, -0.1) is 0 Å². The third kappa shape index (κ3) is 4.97. The molecule has 1 aromatic carbocycles. The Kier molecular flexibility index (Phi) is 5.52. The number of nitrogens with two attached hydrogens (primary N) is 1. The Labute approximate surface area is 116 Å². The third-order valence-electron chi connectivity index (χ3n) is 2.53. The second kappa shape index (κ2) is 7.13. The fourth-order valence-electron chi connectivity index (χ4n) is 1.53. The van der Waals surface area contributed by atoms with Gasteiger partial charge >= 0.3 is 12.0 Å². The molecule has 0 spiro atoms. The number of aliphatic carboxylic acids is 1. The average Bonchev–Trinajstić information content (AvgIpc) is 2.36. The van der Waals surface area contributed by atoms with Crippen molar-refractivity contribution in [3.05, 3.63) is 29.8 Å². The molecule has 0 saturated heterocycles. The van der Waals surface area contributed by atoms with Gasteiger partial charge in [-0.3, -0.25) is 14.5 Å². The second-order valence-corrected chi connectivity index (χ2v) is 4.26. The van der Waals surface area contributed by atoms with Crippen molar-refractivity contribution in [2.45, 2.75) is 13.3 Å². The number of hydrogen-bond donors (Lipinski definition) is 3. The van der Waals surface area contributed by atoms with Crippen LogP contribution in [0, 0.1) is 6.92 Å². The highest BCUT2D eigenvalue weighted by Crippen LogP contribution is 2.15. The van der Waals surface area contributed by atoms with Crippen LogP contribution in [0.1, 0.15) is 12.0 Å². The van der Waals surface area contributed by atoms with Gasteiger partial charge in [0.15, 0.2) is 0 Å². The summed E-state index contributed by atoms with van der Waals surface area (Å²) >= 11 is 0. The van der Waals surface area contributed by atoms with Gasteiger partial charge in [0.05, 0.1) is 0 Å². The van der Waals surface area contributed by atoms with Crippen LogP contribution in [0.15, 0.2) is 24.3 Å². The summed E-state index contributed by atoms with van der Waals surface area (Å²) in [5, 5.41) is 11.3. The minimum absolute atomic E-state index is 0.000545. The molecule has 0 radical (unpaired) electrons. The maximum Gasteiger partial charge on any atom is 0.323 e. The number of aryl methyl sites for hydroxylation is 1. The highest BCUT2D eigenvalue weighted by atomic mass is 16.4. The number of primary amides is 1. The van der Waals surface area contributed by atoms with E-state index in [4.69, 9.17) is 10.8 Å². The Balaban J connectivity index is 2.77. The van der Waals surface area contributed by atoms with Crippen LogP contribution in [0.2, 0.25) is 0 Å². The Hall–Kier alpha value is -2.57. The lowest BCUT2D eigenvalue weighted by Gasteiger charge is -2.21. The first-order valence-corrected chi connectivity index (χ1v) is 6.02. The summed E-state index contributed by atoms with van der Waals surface area (Å²) in [4.78, 5) is 34.5. The second-order valence-electron chi connectivity index (χ2n) is 4.26. The van der Waals surface area contributed by atoms with Gasteiger partial charge < -0.3 is 16.2 Å². The highest BCUT2D eigenvalue weighted by Gasteiger charge is 2.18. The number of urea groups is 1. The van der Waals surface area contributed by atoms with Crippen LogP contribution in [-0.4, -0.2) is 36.1 Å². The molecule has 4 N–H and O–H groups in total. The number of carbonyl (C=O) groups excluding carboxylic acids is 2. The number of rotatable bonds is 6. The summed E-state index contributed by atoms with van der Waals surface area (Å²) in [5.41, 5.74) is 6.43. The molecule has 0 heterocycles. The summed E-state index contributed by atoms with van der Waals surface area (Å²) in [6, 6.07) is 6.29. The number of carbonyl (C=O) groups is 3. The van der Waals surface area contributed by atoms with E-state index in [1.807, 2.05) is 6.92 Å². The molecule has 0 bridgehead atoms. The van der Waals surface area contributed by atoms with Gasteiger partial charge in [-0.25, -0.2) is 4.79 Å². The molecule has 3 amide bonds. The Bertz CT molecular complexity index is 499. The highest BCUT2D eigenvalue weighted by molar-refractivity contribution is 5.96. The topological polar surface area (TPSA) is 113 Å². The van der Waals surface area contributed by atoms with Gasteiger partial charge in [0.25, 0.3) is 0 Å². The van der Waals surface area contributed by atoms with Crippen molar-refractivity contribution in [2.24, 2.45) is 5.73 Å². The van der Waals surface area contributed by atoms with Crippen molar-refractivity contribution >= 4 is 23.6 Å². The van der Waals surface area contributed by atoms with Crippen molar-refractivity contribution in [3.8, 4) is 0 Å². The number of carboxylic acids is 1. The average molecular weight is 279 g/mol. The van der Waals surface area contributed by atoms with E-state index in [1.54, 1.807) is 24.3 Å². The maximum absolute atomic E-state index is 11.9. The minimum atomic E-state index is -1.13. The van der Waals surface area contributed by atoms with E-state index >= 15 is 0 Å². The number of nitrogens with one attached hydrogen (secondary N) is 1. The fraction of sp³-hybridized carbons (Fsp3) is 0.308. The molecule has 0 aliphatic heterocycles. The molecule has 108 valence electrons. The zero-order valence-corrected chi connectivity index (χ0v) is 11.1. The Morgan fingerprint density at radius 1 is 1.25 bits per heavy atom. The Morgan fingerprint density at radius 3 is 2.35 bits per heavy atom. The van der Waals surface area contributed by atoms with Gasteiger partial charge in [-0.2, -0.15) is 0 Å². The zero-order valence-electron chi connectivity index (χ0n) is 11.1. The van der Waals surface area contributed by atoms with Crippen LogP contribution in [0.5, 0.6) is 0 Å². The van der Waals surface area contributed by atoms with Crippen LogP contribution in [0.25, 0.3) is 0 Å². The van der Waals surface area contributed by atoms with E-state index in [-0.39, 0.29) is 13.0 Å². The van der Waals surface area contributed by atoms with Gasteiger partial charge in [-0.1, -0.05) is 17.7 Å². The molecule has 0 unspecified atom stereocenters. The van der Waals surface area contributed by atoms with Crippen LogP contribution < -0.4 is 16.0 Å². The number of hydrogen-bond acceptors (Lipinski definition) is 3. The number of carboxylic acid groups (broad SMARTS) is 1. The fourth-order valence-corrected chi connectivity index (χ4v) is 1.53. The van der Waals surface area contributed by atoms with Gasteiger partial charge in [0.2, 0.25) is 5.91 Å². The molecule has 1 aromatic rings. The summed E-state index contributed by atoms with van der Waals surface area (Å²) in [6.45, 7) is 1.49. The summed E-state index contributed by atoms with van der Waals surface area (Å²) in [6.07, 6.45) is 0.000545. The molecule has 1 rings (SSSR count). The van der Waals surface area contributed by atoms with E-state index < -0.39 is 24.5 Å². The lowest BCUT2D eigenvalue weighted by Crippen LogP contribution is -2.43. The summed E-state index contributed by atoms with van der Waals surface area (Å²) < 4.78 is 0. The van der Waals surface area contributed by atoms with E-state index in [9.17, 15) is 14.4 Å². The normalized spacial score (nSPS) is 9.85. The molecule has 0 atom stereocenters. The predicted octanol–water partition coefficient (Wildman–Crippen LogP) is 0.471. The lowest BCUT2D eigenvalue weighted by molar-refractivity contribution is -0.135. The molecular formula is C13H17N3O4. The largest absolute Gasteiger partial charge is 0.480 e. The maximum atomic E-state index is 11.9. The molecule has 7 heteroatoms. The minimum Gasteiger partial charge on any atom is -0.480 e. The Morgan fingerprint density at radius 2 is 1.85 bits per heavy atom. The van der Waals surface area contributed by atoms with Gasteiger partial charge in [0.1, 0.15) is 6.54 Å². The summed E-state index contributed by atoms with van der Waals surface area (Å²) in [5.74, 6) is -1.67. The van der Waals surface area contributed by atoms with Crippen molar-refractivity contribution in [2.75, 3.05) is 18.0 Å². The van der Waals surface area contributed by atoms with Gasteiger partial charge in [-0.05, 0) is 19.1 Å². The van der Waals surface area contributed by atoms with Crippen LogP contribution in [0.3, 0.4) is 0 Å². The zero-order chi connectivity index (χ0) is 15.1. The first-order valence-electron chi connectivity index (χ1n) is 6.02. The van der Waals surface area contributed by atoms with E-state index in [1.165, 1.54) is 0 Å². The van der Waals surface area contributed by atoms with Crippen LogP contribution in [-0.2, 0) is 9.59 Å². The molecule has 0 aliphatic carbocycles. The summed E-state index contributed by atoms with van der Waals surface area (Å²) in [7, 11) is 0. The van der Waals surface area contributed by atoms with Crippen molar-refractivity contribution in [1.82, 2.24) is 5.32 Å². The van der Waals surface area contributed by atoms with E-state index in [2.05, 4.69) is 5.32 Å². The van der Waals surface area contributed by atoms with E-state index in [0.717, 1.165) is 10.5 Å². The number of amides is 3. The molecule has 0 aromatic heterocycles. The number of anilines is 1. The third-order valence-corrected chi connectivity index (χ3v) is 2.53. The lowest BCUT2D eigenvalue weighted by atomic mass is 10.2. The predicted molar refractivity (Wildman–Crippen MR) is 73.4 cm³/mol. The standard InChI is InChI=1S/C13H17N3O4/c1-9-2-4-10(5-3-9)16(8-12(18)19)13(20)15-7-6-11(14)17/h2-5H,6-8H2,1H3,(H2,14,17)(H,15,20)(H,18,19). The number of benzene rings is 1. The number of nitrogens with zero attached hydrogens (tertiary/aromatic N) is 1. The molecule has 7 nitrogen and oxygen atoms in total. The molecule has 20 heavy (non-hydrogen) atoms. The molecular weight excluding hydrogens is 262 g/mol. The SMILES string of the molecule is Cc1ccc(N(CC(=O)O)C(=O)NCCC(N)=O)cc1. The molecule has 0 fully saturated rings. The molecule has 0 aliphatic rings. The van der Waals surface area contributed by atoms with Crippen molar-refractivity contribution < 1.29 is 19.5 Å². The molecule has 0 saturated carbocycles. The van der Waals surface area contributed by atoms with Crippen LogP contribution in [0.4, 0.5) is 10.5 Å². The van der Waals surface area contributed by atoms with Crippen LogP contribution >= 0.6 is 0 Å². The van der Waals surface area contributed by atoms with Crippen molar-refractivity contribution in [3.63, 3.8) is 0 Å². The smallest absolute Gasteiger partial charge is 0.323 e. The first-order chi connectivity index (χ1) is 9.40. The quantitative estimate of drug-likeness (QED) is 0.702.